The van der Waals surface area contributed by atoms with Gasteiger partial charge in [0.2, 0.25) is 11.8 Å². The third-order valence-corrected chi connectivity index (χ3v) is 5.25. The molecule has 2 fully saturated rings. The number of rotatable bonds is 4. The molecule has 2 heterocycles. The van der Waals surface area contributed by atoms with Gasteiger partial charge in [-0.25, -0.2) is 9.69 Å². The molecule has 0 spiro atoms. The van der Waals surface area contributed by atoms with Gasteiger partial charge in [-0.15, -0.1) is 0 Å². The first-order valence-corrected chi connectivity index (χ1v) is 8.91. The number of hydrogen-bond donors (Lipinski definition) is 4. The molecule has 0 saturated carbocycles. The summed E-state index contributed by atoms with van der Waals surface area (Å²) in [4.78, 5) is 38.5. The topological polar surface area (TPSA) is 146 Å². The average Bonchev–Trinajstić information content (AvgIpc) is 3.19. The second-order valence-corrected chi connectivity index (χ2v) is 6.88. The Bertz CT molecular complexity index is 992. The van der Waals surface area contributed by atoms with Crippen molar-refractivity contribution in [2.24, 2.45) is 17.6 Å². The molecular weight excluding hydrogens is 376 g/mol. The number of nitrogens with one attached hydrogen (secondary N) is 2. The van der Waals surface area contributed by atoms with E-state index in [4.69, 9.17) is 21.0 Å². The minimum absolute atomic E-state index is 0.0942. The number of carboxylic acid groups (broad SMARTS) is 1. The summed E-state index contributed by atoms with van der Waals surface area (Å²) < 4.78 is 4.89. The van der Waals surface area contributed by atoms with Crippen LogP contribution in [0.2, 0.25) is 0 Å². The number of nitrogens with zero attached hydrogens (tertiary/aromatic N) is 1. The van der Waals surface area contributed by atoms with Gasteiger partial charge in [-0.1, -0.05) is 42.5 Å². The van der Waals surface area contributed by atoms with Crippen molar-refractivity contribution < 1.29 is 24.2 Å². The quantitative estimate of drug-likeness (QED) is 0.266. The van der Waals surface area contributed by atoms with E-state index in [1.54, 1.807) is 54.6 Å². The average molecular weight is 394 g/mol. The Labute approximate surface area is 165 Å². The molecule has 2 saturated heterocycles. The molecular formula is C20H18N4O5. The van der Waals surface area contributed by atoms with E-state index in [1.807, 2.05) is 0 Å². The van der Waals surface area contributed by atoms with Crippen molar-refractivity contribution in [1.82, 2.24) is 5.32 Å². The number of para-hydroxylation sites is 1. The summed E-state index contributed by atoms with van der Waals surface area (Å²) in [5, 5.41) is 19.5. The smallest absolute Gasteiger partial charge is 0.450 e. The van der Waals surface area contributed by atoms with E-state index in [9.17, 15) is 14.4 Å². The zero-order valence-electron chi connectivity index (χ0n) is 15.1. The maximum atomic E-state index is 13.2. The van der Waals surface area contributed by atoms with Crippen molar-refractivity contribution >= 4 is 29.5 Å². The highest BCUT2D eigenvalue weighted by Crippen LogP contribution is 2.45. The van der Waals surface area contributed by atoms with Gasteiger partial charge >= 0.3 is 6.16 Å². The van der Waals surface area contributed by atoms with Crippen LogP contribution in [0.3, 0.4) is 0 Å². The summed E-state index contributed by atoms with van der Waals surface area (Å²) in [5.74, 6) is -2.82. The lowest BCUT2D eigenvalue weighted by Crippen LogP contribution is -2.41. The van der Waals surface area contributed by atoms with Crippen LogP contribution in [0.15, 0.2) is 54.6 Å². The minimum atomic E-state index is -1.53. The molecule has 9 heteroatoms. The monoisotopic (exact) mass is 394 g/mol. The van der Waals surface area contributed by atoms with E-state index in [-0.39, 0.29) is 5.84 Å². The van der Waals surface area contributed by atoms with Gasteiger partial charge in [0.15, 0.2) is 6.23 Å². The number of imide groups is 1. The molecule has 2 aliphatic rings. The summed E-state index contributed by atoms with van der Waals surface area (Å²) >= 11 is 0. The Hall–Kier alpha value is -3.72. The van der Waals surface area contributed by atoms with E-state index >= 15 is 0 Å². The number of carbonyl (C=O) groups is 3. The zero-order chi connectivity index (χ0) is 20.7. The van der Waals surface area contributed by atoms with Crippen LogP contribution in [0, 0.1) is 17.2 Å². The van der Waals surface area contributed by atoms with Crippen LogP contribution in [0.1, 0.15) is 17.2 Å². The van der Waals surface area contributed by atoms with E-state index in [0.717, 1.165) is 4.90 Å². The first kappa shape index (κ1) is 18.6. The summed E-state index contributed by atoms with van der Waals surface area (Å²) in [6, 6.07) is 14.5. The molecule has 4 unspecified atom stereocenters. The van der Waals surface area contributed by atoms with Gasteiger partial charge in [0.05, 0.1) is 11.6 Å². The van der Waals surface area contributed by atoms with Crippen molar-refractivity contribution in [2.45, 2.75) is 12.3 Å². The number of carbonyl (C=O) groups excluding carboxylic acids is 2. The van der Waals surface area contributed by atoms with Crippen LogP contribution < -0.4 is 16.0 Å². The van der Waals surface area contributed by atoms with Gasteiger partial charge in [0.1, 0.15) is 11.8 Å². The van der Waals surface area contributed by atoms with Gasteiger partial charge in [-0.05, 0) is 17.7 Å². The number of amides is 2. The second-order valence-electron chi connectivity index (χ2n) is 6.88. The molecule has 0 radical (unpaired) electrons. The molecule has 0 aromatic heterocycles. The molecule has 2 amide bonds. The molecule has 4 atom stereocenters. The molecule has 148 valence electrons. The van der Waals surface area contributed by atoms with Gasteiger partial charge in [0, 0.05) is 11.6 Å². The van der Waals surface area contributed by atoms with E-state index in [2.05, 4.69) is 5.32 Å². The first-order valence-electron chi connectivity index (χ1n) is 8.91. The van der Waals surface area contributed by atoms with Gasteiger partial charge in [-0.2, -0.15) is 0 Å². The van der Waals surface area contributed by atoms with Crippen molar-refractivity contribution in [1.29, 1.82) is 5.41 Å². The summed E-state index contributed by atoms with van der Waals surface area (Å²) in [7, 11) is 0. The van der Waals surface area contributed by atoms with Crippen molar-refractivity contribution in [2.75, 3.05) is 4.90 Å². The fourth-order valence-electron chi connectivity index (χ4n) is 3.99. The predicted octanol–water partition coefficient (Wildman–Crippen LogP) is 1.44. The highest BCUT2D eigenvalue weighted by atomic mass is 16.7. The summed E-state index contributed by atoms with van der Waals surface area (Å²) in [6.07, 6.45) is -2.69. The zero-order valence-corrected chi connectivity index (χ0v) is 15.1. The maximum Gasteiger partial charge on any atom is 0.507 e. The van der Waals surface area contributed by atoms with Crippen LogP contribution in [-0.4, -0.2) is 35.1 Å². The number of hydrogen-bond acceptors (Lipinski definition) is 6. The third kappa shape index (κ3) is 3.11. The number of benzene rings is 2. The fourth-order valence-corrected chi connectivity index (χ4v) is 3.99. The van der Waals surface area contributed by atoms with Crippen LogP contribution in [0.4, 0.5) is 10.5 Å². The third-order valence-electron chi connectivity index (χ3n) is 5.25. The van der Waals surface area contributed by atoms with Crippen LogP contribution in [0.5, 0.6) is 0 Å². The molecule has 29 heavy (non-hydrogen) atoms. The Morgan fingerprint density at radius 3 is 2.24 bits per heavy atom. The van der Waals surface area contributed by atoms with Gasteiger partial charge in [-0.3, -0.25) is 20.3 Å². The number of fused-ring (bicyclic) bond motifs is 1. The summed E-state index contributed by atoms with van der Waals surface area (Å²) in [5.41, 5.74) is 7.09. The molecule has 9 nitrogen and oxygen atoms in total. The Morgan fingerprint density at radius 1 is 1.03 bits per heavy atom. The van der Waals surface area contributed by atoms with Gasteiger partial charge < -0.3 is 15.6 Å². The summed E-state index contributed by atoms with van der Waals surface area (Å²) in [6.45, 7) is 0. The van der Waals surface area contributed by atoms with E-state index in [1.165, 1.54) is 0 Å². The Kier molecular flexibility index (Phi) is 4.51. The molecule has 0 aliphatic carbocycles. The predicted molar refractivity (Wildman–Crippen MR) is 102 cm³/mol. The molecule has 2 aromatic carbocycles. The van der Waals surface area contributed by atoms with Gasteiger partial charge in [0.25, 0.3) is 0 Å². The molecule has 2 aromatic rings. The second kappa shape index (κ2) is 7.02. The van der Waals surface area contributed by atoms with Crippen LogP contribution >= 0.6 is 0 Å². The number of ether oxygens (including phenoxy) is 1. The van der Waals surface area contributed by atoms with Crippen molar-refractivity contribution in [3.05, 3.63) is 65.7 Å². The number of nitrogen functional groups attached to an aromatic ring is 1. The van der Waals surface area contributed by atoms with E-state index < -0.39 is 42.1 Å². The highest BCUT2D eigenvalue weighted by Gasteiger charge is 2.60. The molecule has 5 N–H and O–H groups in total. The molecule has 2 aliphatic heterocycles. The molecule has 0 bridgehead atoms. The number of nitrogens with two attached hydrogens (primary N) is 1. The lowest BCUT2D eigenvalue weighted by atomic mass is 9.88. The molecule has 4 rings (SSSR count). The fraction of sp³-hybridized carbons (Fsp3) is 0.200. The number of amidine groups is 1. The first-order chi connectivity index (χ1) is 13.9. The number of anilines is 1. The lowest BCUT2D eigenvalue weighted by molar-refractivity contribution is -0.124. The maximum absolute atomic E-state index is 13.2. The normalized spacial score (nSPS) is 25.7. The SMILES string of the molecule is N=C(N)c1ccc(C2NC(OC(=O)O)C3C(=O)N(c4ccccc4)C(=O)C23)cc1. The van der Waals surface area contributed by atoms with Crippen molar-refractivity contribution in [3.8, 4) is 0 Å². The lowest BCUT2D eigenvalue weighted by Gasteiger charge is -2.22. The van der Waals surface area contributed by atoms with E-state index in [0.29, 0.717) is 16.8 Å². The highest BCUT2D eigenvalue weighted by molar-refractivity contribution is 6.22. The van der Waals surface area contributed by atoms with Crippen molar-refractivity contribution in [3.63, 3.8) is 0 Å². The van der Waals surface area contributed by atoms with Crippen LogP contribution in [0.25, 0.3) is 0 Å². The Morgan fingerprint density at radius 2 is 1.66 bits per heavy atom. The minimum Gasteiger partial charge on any atom is -0.450 e. The Balaban J connectivity index is 1.73. The van der Waals surface area contributed by atoms with Crippen LogP contribution in [-0.2, 0) is 14.3 Å². The standard InChI is InChI=1S/C20H18N4O5/c21-16(22)11-8-6-10(7-9-11)15-13-14(17(23-15)29-20(27)28)19(26)24(18(13)25)12-4-2-1-3-5-12/h1-9,13-15,17,23H,(H3,21,22)(H,27,28). The largest absolute Gasteiger partial charge is 0.507 e.